The van der Waals surface area contributed by atoms with E-state index in [1.165, 1.54) is 0 Å². The second-order valence-corrected chi connectivity index (χ2v) is 4.54. The molecule has 0 atom stereocenters. The van der Waals surface area contributed by atoms with Crippen LogP contribution in [0.5, 0.6) is 5.88 Å². The summed E-state index contributed by atoms with van der Waals surface area (Å²) in [5.41, 5.74) is 1.72. The number of nitrogens with one attached hydrogen (secondary N) is 1. The molecular formula is C15H17N5O. The fourth-order valence-electron chi connectivity index (χ4n) is 2.06. The van der Waals surface area contributed by atoms with Crippen molar-refractivity contribution in [1.82, 2.24) is 19.4 Å². The lowest BCUT2D eigenvalue weighted by molar-refractivity contribution is 0.310. The maximum absolute atomic E-state index is 5.79. The Balaban J connectivity index is 1.74. The predicted octanol–water partition coefficient (Wildman–Crippen LogP) is 2.18. The largest absolute Gasteiger partial charge is 0.475 e. The number of imidazole rings is 1. The molecule has 0 aliphatic carbocycles. The summed E-state index contributed by atoms with van der Waals surface area (Å²) < 4.78 is 7.70. The summed E-state index contributed by atoms with van der Waals surface area (Å²) in [6, 6.07) is 5.86. The zero-order chi connectivity index (χ0) is 14.5. The lowest BCUT2D eigenvalue weighted by Gasteiger charge is -2.09. The minimum atomic E-state index is 0.516. The van der Waals surface area contributed by atoms with Crippen molar-refractivity contribution >= 4 is 11.5 Å². The van der Waals surface area contributed by atoms with Gasteiger partial charge in [-0.15, -0.1) is 0 Å². The molecule has 6 nitrogen and oxygen atoms in total. The first-order valence-electron chi connectivity index (χ1n) is 6.97. The highest BCUT2D eigenvalue weighted by Crippen LogP contribution is 2.18. The summed E-state index contributed by atoms with van der Waals surface area (Å²) in [6.45, 7) is 3.35. The van der Waals surface area contributed by atoms with Gasteiger partial charge in [0.1, 0.15) is 5.82 Å². The second-order valence-electron chi connectivity index (χ2n) is 4.54. The number of rotatable bonds is 6. The van der Waals surface area contributed by atoms with Gasteiger partial charge in [-0.05, 0) is 19.1 Å². The van der Waals surface area contributed by atoms with Crippen molar-refractivity contribution in [3.63, 3.8) is 0 Å². The lowest BCUT2D eigenvalue weighted by Crippen LogP contribution is -2.08. The van der Waals surface area contributed by atoms with Crippen LogP contribution in [0.25, 0.3) is 5.65 Å². The first kappa shape index (κ1) is 13.4. The molecule has 0 saturated carbocycles. The maximum Gasteiger partial charge on any atom is 0.260 e. The Kier molecular flexibility index (Phi) is 3.95. The number of anilines is 1. The number of ether oxygens (including phenoxy) is 1. The van der Waals surface area contributed by atoms with E-state index < -0.39 is 0 Å². The molecular weight excluding hydrogens is 266 g/mol. The minimum Gasteiger partial charge on any atom is -0.475 e. The van der Waals surface area contributed by atoms with Crippen LogP contribution in [-0.4, -0.2) is 32.5 Å². The molecule has 0 aliphatic heterocycles. The fraction of sp³-hybridized carbons (Fsp3) is 0.267. The third-order valence-corrected chi connectivity index (χ3v) is 3.02. The zero-order valence-electron chi connectivity index (χ0n) is 11.9. The van der Waals surface area contributed by atoms with Crippen molar-refractivity contribution in [2.75, 3.05) is 18.5 Å². The molecule has 0 saturated heterocycles. The van der Waals surface area contributed by atoms with E-state index in [4.69, 9.17) is 4.74 Å². The SMILES string of the molecule is CCNc1cn2ccnc2c(OCCc2ccccn2)n1. The molecule has 0 unspecified atom stereocenters. The van der Waals surface area contributed by atoms with Crippen LogP contribution in [0.15, 0.2) is 43.0 Å². The van der Waals surface area contributed by atoms with E-state index in [9.17, 15) is 0 Å². The zero-order valence-corrected chi connectivity index (χ0v) is 11.9. The highest BCUT2D eigenvalue weighted by Gasteiger charge is 2.08. The Hall–Kier alpha value is -2.63. The van der Waals surface area contributed by atoms with Crippen LogP contribution >= 0.6 is 0 Å². The average Bonchev–Trinajstić information content (AvgIpc) is 2.97. The van der Waals surface area contributed by atoms with Crippen LogP contribution in [0, 0.1) is 0 Å². The van der Waals surface area contributed by atoms with Crippen molar-refractivity contribution < 1.29 is 4.74 Å². The molecule has 3 aromatic heterocycles. The van der Waals surface area contributed by atoms with Crippen LogP contribution < -0.4 is 10.1 Å². The molecule has 0 radical (unpaired) electrons. The van der Waals surface area contributed by atoms with Crippen molar-refractivity contribution in [1.29, 1.82) is 0 Å². The Labute approximate surface area is 122 Å². The normalized spacial score (nSPS) is 10.7. The third kappa shape index (κ3) is 3.10. The smallest absolute Gasteiger partial charge is 0.260 e. The Morgan fingerprint density at radius 2 is 2.19 bits per heavy atom. The third-order valence-electron chi connectivity index (χ3n) is 3.02. The van der Waals surface area contributed by atoms with E-state index in [1.807, 2.05) is 41.9 Å². The average molecular weight is 283 g/mol. The highest BCUT2D eigenvalue weighted by molar-refractivity contribution is 5.53. The topological polar surface area (TPSA) is 64.3 Å². The molecule has 0 spiro atoms. The molecule has 3 aromatic rings. The van der Waals surface area contributed by atoms with Gasteiger partial charge in [0.15, 0.2) is 0 Å². The Morgan fingerprint density at radius 3 is 3.00 bits per heavy atom. The van der Waals surface area contributed by atoms with Crippen LogP contribution in [-0.2, 0) is 6.42 Å². The molecule has 0 fully saturated rings. The van der Waals surface area contributed by atoms with Crippen molar-refractivity contribution in [3.05, 3.63) is 48.7 Å². The van der Waals surface area contributed by atoms with Gasteiger partial charge in [0.05, 0.1) is 12.8 Å². The van der Waals surface area contributed by atoms with Gasteiger partial charge in [0.2, 0.25) is 5.65 Å². The molecule has 6 heteroatoms. The number of aromatic nitrogens is 4. The number of hydrogen-bond donors (Lipinski definition) is 1. The number of hydrogen-bond acceptors (Lipinski definition) is 5. The van der Waals surface area contributed by atoms with Gasteiger partial charge in [0.25, 0.3) is 5.88 Å². The van der Waals surface area contributed by atoms with Gasteiger partial charge >= 0.3 is 0 Å². The van der Waals surface area contributed by atoms with E-state index in [1.54, 1.807) is 12.4 Å². The maximum atomic E-state index is 5.79. The van der Waals surface area contributed by atoms with Crippen molar-refractivity contribution in [2.24, 2.45) is 0 Å². The fourth-order valence-corrected chi connectivity index (χ4v) is 2.06. The molecule has 1 N–H and O–H groups in total. The first-order valence-corrected chi connectivity index (χ1v) is 6.97. The monoisotopic (exact) mass is 283 g/mol. The first-order chi connectivity index (χ1) is 10.4. The molecule has 0 bridgehead atoms. The van der Waals surface area contributed by atoms with Gasteiger partial charge in [-0.3, -0.25) is 9.38 Å². The van der Waals surface area contributed by atoms with E-state index in [2.05, 4.69) is 20.3 Å². The molecule has 3 heterocycles. The molecule has 0 aliphatic rings. The minimum absolute atomic E-state index is 0.516. The standard InChI is InChI=1S/C15H17N5O/c1-2-16-13-11-20-9-8-18-14(20)15(19-13)21-10-6-12-5-3-4-7-17-12/h3-5,7-9,11,16H,2,6,10H2,1H3. The van der Waals surface area contributed by atoms with E-state index in [0.29, 0.717) is 12.5 Å². The molecule has 108 valence electrons. The molecule has 21 heavy (non-hydrogen) atoms. The molecule has 0 aromatic carbocycles. The van der Waals surface area contributed by atoms with Crippen molar-refractivity contribution in [3.8, 4) is 5.88 Å². The summed E-state index contributed by atoms with van der Waals surface area (Å²) in [5, 5.41) is 3.19. The number of pyridine rings is 1. The van der Waals surface area contributed by atoms with E-state index >= 15 is 0 Å². The second kappa shape index (κ2) is 6.21. The van der Waals surface area contributed by atoms with Gasteiger partial charge in [-0.25, -0.2) is 4.98 Å². The lowest BCUT2D eigenvalue weighted by atomic mass is 10.3. The summed E-state index contributed by atoms with van der Waals surface area (Å²) >= 11 is 0. The predicted molar refractivity (Wildman–Crippen MR) is 80.6 cm³/mol. The van der Waals surface area contributed by atoms with Crippen LogP contribution in [0.2, 0.25) is 0 Å². The van der Waals surface area contributed by atoms with Gasteiger partial charge in [-0.2, -0.15) is 4.98 Å². The Morgan fingerprint density at radius 1 is 1.24 bits per heavy atom. The summed E-state index contributed by atoms with van der Waals surface area (Å²) in [6.07, 6.45) is 8.03. The van der Waals surface area contributed by atoms with Crippen LogP contribution in [0.1, 0.15) is 12.6 Å². The number of nitrogens with zero attached hydrogens (tertiary/aromatic N) is 4. The van der Waals surface area contributed by atoms with E-state index in [-0.39, 0.29) is 0 Å². The summed E-state index contributed by atoms with van der Waals surface area (Å²) in [7, 11) is 0. The number of fused-ring (bicyclic) bond motifs is 1. The Bertz CT molecular complexity index is 710. The summed E-state index contributed by atoms with van der Waals surface area (Å²) in [5.74, 6) is 1.31. The van der Waals surface area contributed by atoms with Crippen LogP contribution in [0.3, 0.4) is 0 Å². The van der Waals surface area contributed by atoms with Gasteiger partial charge in [-0.1, -0.05) is 6.07 Å². The molecule has 3 rings (SSSR count). The summed E-state index contributed by atoms with van der Waals surface area (Å²) in [4.78, 5) is 13.0. The highest BCUT2D eigenvalue weighted by atomic mass is 16.5. The van der Waals surface area contributed by atoms with Crippen LogP contribution in [0.4, 0.5) is 5.82 Å². The molecule has 0 amide bonds. The van der Waals surface area contributed by atoms with Gasteiger partial charge < -0.3 is 10.1 Å². The van der Waals surface area contributed by atoms with Crippen molar-refractivity contribution in [2.45, 2.75) is 13.3 Å². The van der Waals surface area contributed by atoms with E-state index in [0.717, 1.165) is 30.1 Å². The quantitative estimate of drug-likeness (QED) is 0.751. The van der Waals surface area contributed by atoms with Gasteiger partial charge in [0, 0.05) is 37.3 Å².